The maximum absolute atomic E-state index is 13.2. The molecule has 0 aromatic rings. The lowest BCUT2D eigenvalue weighted by Crippen LogP contribution is -3.00. The van der Waals surface area contributed by atoms with E-state index in [4.69, 9.17) is 4.74 Å². The quantitative estimate of drug-likeness (QED) is 0.0581. The summed E-state index contributed by atoms with van der Waals surface area (Å²) in [4.78, 5) is 13.2. The van der Waals surface area contributed by atoms with Gasteiger partial charge in [-0.1, -0.05) is 143 Å². The van der Waals surface area contributed by atoms with Gasteiger partial charge >= 0.3 is 0 Å². The summed E-state index contributed by atoms with van der Waals surface area (Å²) in [5.74, 6) is 0.355. The van der Waals surface area contributed by atoms with Gasteiger partial charge in [-0.3, -0.25) is 4.79 Å². The first kappa shape index (κ1) is 39.0. The fourth-order valence-electron chi connectivity index (χ4n) is 5.23. The molecule has 0 radical (unpaired) electrons. The Morgan fingerprint density at radius 1 is 0.595 bits per heavy atom. The lowest BCUT2D eigenvalue weighted by Gasteiger charge is -2.37. The van der Waals surface area contributed by atoms with Crippen LogP contribution in [0.1, 0.15) is 175 Å². The second-order valence-electron chi connectivity index (χ2n) is 12.1. The van der Waals surface area contributed by atoms with E-state index in [1.165, 1.54) is 116 Å². The van der Waals surface area contributed by atoms with Crippen molar-refractivity contribution in [3.05, 3.63) is 0 Å². The molecular formula is C33H68ClNO2. The van der Waals surface area contributed by atoms with E-state index >= 15 is 0 Å². The average molecular weight is 546 g/mol. The molecule has 37 heavy (non-hydrogen) atoms. The zero-order valence-electron chi connectivity index (χ0n) is 26.3. The Bertz CT molecular complexity index is 483. The van der Waals surface area contributed by atoms with Crippen LogP contribution in [0.5, 0.6) is 0 Å². The van der Waals surface area contributed by atoms with Crippen LogP contribution in [0.25, 0.3) is 0 Å². The first-order chi connectivity index (χ1) is 17.4. The monoisotopic (exact) mass is 545 g/mol. The number of halogens is 1. The van der Waals surface area contributed by atoms with Crippen molar-refractivity contribution in [2.45, 2.75) is 188 Å². The summed E-state index contributed by atoms with van der Waals surface area (Å²) in [6.07, 6.45) is 29.0. The van der Waals surface area contributed by atoms with Crippen LogP contribution in [-0.4, -0.2) is 43.2 Å². The highest BCUT2D eigenvalue weighted by molar-refractivity contribution is 5.83. The van der Waals surface area contributed by atoms with E-state index in [-0.39, 0.29) is 24.7 Å². The van der Waals surface area contributed by atoms with Gasteiger partial charge in [-0.05, 0) is 19.3 Å². The summed E-state index contributed by atoms with van der Waals surface area (Å²) in [5, 5.41) is 0. The topological polar surface area (TPSA) is 26.3 Å². The minimum absolute atomic E-state index is 0. The predicted molar refractivity (Wildman–Crippen MR) is 160 cm³/mol. The highest BCUT2D eigenvalue weighted by Crippen LogP contribution is 2.20. The van der Waals surface area contributed by atoms with E-state index in [1.807, 2.05) is 0 Å². The molecule has 0 aliphatic heterocycles. The fourth-order valence-corrected chi connectivity index (χ4v) is 5.23. The first-order valence-corrected chi connectivity index (χ1v) is 16.4. The standard InChI is InChI=1S/C33H68NO2.ClH/c1-7-10-12-14-16-18-19-21-23-25-27-29-33(36-31(4)34(5,6)30-9-3)32(35)28-26-24-22-20-17-15-13-11-8-2;/h31,33H,7-30H2,1-6H3;1H/q+1;/p-1. The van der Waals surface area contributed by atoms with Crippen LogP contribution in [0.3, 0.4) is 0 Å². The number of carbonyl (C=O) groups is 1. The third-order valence-corrected chi connectivity index (χ3v) is 8.10. The molecule has 0 heterocycles. The Hall–Kier alpha value is -0.120. The van der Waals surface area contributed by atoms with Gasteiger partial charge in [-0.2, -0.15) is 0 Å². The molecule has 0 N–H and O–H groups in total. The summed E-state index contributed by atoms with van der Waals surface area (Å²) in [6.45, 7) is 10.0. The summed E-state index contributed by atoms with van der Waals surface area (Å²) in [7, 11) is 4.47. The Labute approximate surface area is 240 Å². The molecule has 0 saturated carbocycles. The van der Waals surface area contributed by atoms with Gasteiger partial charge in [0, 0.05) is 13.3 Å². The number of Topliss-reactive ketones (excluding diaryl/α,β-unsaturated/α-hetero) is 1. The molecule has 0 spiro atoms. The second-order valence-corrected chi connectivity index (χ2v) is 12.1. The number of ether oxygens (including phenoxy) is 1. The van der Waals surface area contributed by atoms with Crippen LogP contribution in [0.15, 0.2) is 0 Å². The number of hydrogen-bond donors (Lipinski definition) is 0. The van der Waals surface area contributed by atoms with Crippen LogP contribution in [-0.2, 0) is 9.53 Å². The molecule has 0 bridgehead atoms. The number of nitrogens with zero attached hydrogens (tertiary/aromatic N) is 1. The van der Waals surface area contributed by atoms with E-state index in [0.717, 1.165) is 36.7 Å². The first-order valence-electron chi connectivity index (χ1n) is 16.4. The molecule has 0 aliphatic rings. The molecule has 224 valence electrons. The zero-order valence-corrected chi connectivity index (χ0v) is 27.0. The molecule has 0 amide bonds. The van der Waals surface area contributed by atoms with Crippen LogP contribution < -0.4 is 12.4 Å². The molecule has 2 atom stereocenters. The van der Waals surface area contributed by atoms with Crippen molar-refractivity contribution < 1.29 is 26.4 Å². The van der Waals surface area contributed by atoms with Gasteiger partial charge in [-0.15, -0.1) is 0 Å². The van der Waals surface area contributed by atoms with E-state index in [9.17, 15) is 4.79 Å². The third-order valence-electron chi connectivity index (χ3n) is 8.10. The minimum Gasteiger partial charge on any atom is -1.00 e. The fraction of sp³-hybridized carbons (Fsp3) is 0.970. The maximum Gasteiger partial charge on any atom is 0.190 e. The Kier molecular flexibility index (Phi) is 28.9. The van der Waals surface area contributed by atoms with Gasteiger partial charge in [0.2, 0.25) is 0 Å². The number of carbonyl (C=O) groups excluding carboxylic acids is 1. The van der Waals surface area contributed by atoms with Gasteiger partial charge in [0.1, 0.15) is 6.10 Å². The smallest absolute Gasteiger partial charge is 0.190 e. The lowest BCUT2D eigenvalue weighted by molar-refractivity contribution is -0.936. The average Bonchev–Trinajstić information content (AvgIpc) is 2.85. The summed E-state index contributed by atoms with van der Waals surface area (Å²) < 4.78 is 7.31. The van der Waals surface area contributed by atoms with E-state index < -0.39 is 0 Å². The molecule has 3 nitrogen and oxygen atoms in total. The largest absolute Gasteiger partial charge is 1.00 e. The van der Waals surface area contributed by atoms with Crippen LogP contribution >= 0.6 is 0 Å². The molecule has 0 saturated heterocycles. The van der Waals surface area contributed by atoms with Gasteiger partial charge in [0.25, 0.3) is 0 Å². The van der Waals surface area contributed by atoms with Gasteiger partial charge in [0.05, 0.1) is 20.6 Å². The summed E-state index contributed by atoms with van der Waals surface area (Å²) in [6, 6.07) is 0. The number of quaternary nitrogens is 1. The summed E-state index contributed by atoms with van der Waals surface area (Å²) in [5.41, 5.74) is 0. The van der Waals surface area contributed by atoms with Gasteiger partial charge in [-0.25, -0.2) is 0 Å². The van der Waals surface area contributed by atoms with Crippen LogP contribution in [0.2, 0.25) is 0 Å². The van der Waals surface area contributed by atoms with Crippen molar-refractivity contribution in [3.63, 3.8) is 0 Å². The predicted octanol–water partition coefficient (Wildman–Crippen LogP) is 7.40. The van der Waals surface area contributed by atoms with Gasteiger partial charge in [0.15, 0.2) is 12.0 Å². The molecule has 0 aromatic heterocycles. The SMILES string of the molecule is CCCCCCCCCCCCCC(OC(C)[N+](C)(C)CCC)C(=O)CCCCCCCCCCC.[Cl-]. The lowest BCUT2D eigenvalue weighted by atomic mass is 10.00. The molecule has 4 heteroatoms. The molecule has 0 rings (SSSR count). The highest BCUT2D eigenvalue weighted by Gasteiger charge is 2.29. The molecule has 0 fully saturated rings. The number of ketones is 1. The molecule has 0 aromatic carbocycles. The number of unbranched alkanes of at least 4 members (excludes halogenated alkanes) is 18. The van der Waals surface area contributed by atoms with E-state index in [2.05, 4.69) is 41.8 Å². The zero-order chi connectivity index (χ0) is 26.9. The second kappa shape index (κ2) is 27.4. The van der Waals surface area contributed by atoms with E-state index in [0.29, 0.717) is 12.2 Å². The third kappa shape index (κ3) is 23.5. The Morgan fingerprint density at radius 2 is 0.973 bits per heavy atom. The number of hydrogen-bond acceptors (Lipinski definition) is 2. The highest BCUT2D eigenvalue weighted by atomic mass is 35.5. The van der Waals surface area contributed by atoms with Gasteiger partial charge < -0.3 is 21.6 Å². The maximum atomic E-state index is 13.2. The minimum atomic E-state index is -0.207. The molecular weight excluding hydrogens is 478 g/mol. The Balaban J connectivity index is 0. The summed E-state index contributed by atoms with van der Waals surface area (Å²) >= 11 is 0. The Morgan fingerprint density at radius 3 is 1.38 bits per heavy atom. The van der Waals surface area contributed by atoms with Crippen molar-refractivity contribution in [2.75, 3.05) is 20.6 Å². The normalized spacial score (nSPS) is 13.4. The van der Waals surface area contributed by atoms with Crippen LogP contribution in [0, 0.1) is 0 Å². The number of rotatable bonds is 28. The molecule has 2 unspecified atom stereocenters. The van der Waals surface area contributed by atoms with Crippen molar-refractivity contribution in [3.8, 4) is 0 Å². The van der Waals surface area contributed by atoms with Crippen molar-refractivity contribution in [1.29, 1.82) is 0 Å². The van der Waals surface area contributed by atoms with Crippen molar-refractivity contribution in [1.82, 2.24) is 0 Å². The van der Waals surface area contributed by atoms with E-state index in [1.54, 1.807) is 0 Å². The van der Waals surface area contributed by atoms with Crippen molar-refractivity contribution >= 4 is 5.78 Å². The molecule has 0 aliphatic carbocycles. The van der Waals surface area contributed by atoms with Crippen molar-refractivity contribution in [2.24, 2.45) is 0 Å². The van der Waals surface area contributed by atoms with Crippen LogP contribution in [0.4, 0.5) is 0 Å².